The SMILES string of the molecule is CNCc1cc(Oc2ccc(N3CCC(N)CC3)nc2)nc(-c2cc(C)cc(Cl)c2)c1. The van der Waals surface area contributed by atoms with Crippen molar-refractivity contribution in [2.45, 2.75) is 32.4 Å². The number of benzene rings is 1. The number of anilines is 1. The summed E-state index contributed by atoms with van der Waals surface area (Å²) in [5.41, 5.74) is 9.95. The Morgan fingerprint density at radius 1 is 1.16 bits per heavy atom. The van der Waals surface area contributed by atoms with Crippen LogP contribution in [0.1, 0.15) is 24.0 Å². The summed E-state index contributed by atoms with van der Waals surface area (Å²) in [5, 5.41) is 3.88. The van der Waals surface area contributed by atoms with Gasteiger partial charge in [0, 0.05) is 42.3 Å². The molecule has 0 bridgehead atoms. The Labute approximate surface area is 188 Å². The Balaban J connectivity index is 1.56. The van der Waals surface area contributed by atoms with Gasteiger partial charge in [-0.25, -0.2) is 9.97 Å². The van der Waals surface area contributed by atoms with E-state index in [0.29, 0.717) is 29.2 Å². The lowest BCUT2D eigenvalue weighted by atomic mass is 10.1. The number of halogens is 1. The molecule has 2 aromatic heterocycles. The Morgan fingerprint density at radius 2 is 1.97 bits per heavy atom. The standard InChI is InChI=1S/C24H28ClN5O/c1-16-9-18(13-19(25)10-16)22-11-17(14-27-2)12-24(29-22)31-21-3-4-23(28-15-21)30-7-5-20(26)6-8-30/h3-4,9-13,15,20,27H,5-8,14,26H2,1-2H3. The van der Waals surface area contributed by atoms with E-state index >= 15 is 0 Å². The van der Waals surface area contributed by atoms with Gasteiger partial charge in [0.05, 0.1) is 11.9 Å². The van der Waals surface area contributed by atoms with Crippen LogP contribution in [0.5, 0.6) is 11.6 Å². The fourth-order valence-corrected chi connectivity index (χ4v) is 4.11. The van der Waals surface area contributed by atoms with Gasteiger partial charge in [0.1, 0.15) is 11.6 Å². The van der Waals surface area contributed by atoms with E-state index in [-0.39, 0.29) is 0 Å². The largest absolute Gasteiger partial charge is 0.437 e. The van der Waals surface area contributed by atoms with Crippen LogP contribution in [0.2, 0.25) is 5.02 Å². The molecule has 1 saturated heterocycles. The zero-order valence-electron chi connectivity index (χ0n) is 17.9. The molecule has 0 saturated carbocycles. The highest BCUT2D eigenvalue weighted by Gasteiger charge is 2.17. The number of nitrogens with one attached hydrogen (secondary N) is 1. The summed E-state index contributed by atoms with van der Waals surface area (Å²) >= 11 is 6.27. The molecule has 31 heavy (non-hydrogen) atoms. The van der Waals surface area contributed by atoms with Crippen LogP contribution in [0.3, 0.4) is 0 Å². The van der Waals surface area contributed by atoms with Crippen LogP contribution < -0.4 is 20.7 Å². The summed E-state index contributed by atoms with van der Waals surface area (Å²) in [6.07, 6.45) is 3.74. The summed E-state index contributed by atoms with van der Waals surface area (Å²) in [7, 11) is 1.92. The van der Waals surface area contributed by atoms with Gasteiger partial charge in [0.25, 0.3) is 0 Å². The number of hydrogen-bond acceptors (Lipinski definition) is 6. The molecule has 0 spiro atoms. The van der Waals surface area contributed by atoms with E-state index in [1.165, 1.54) is 0 Å². The summed E-state index contributed by atoms with van der Waals surface area (Å²) in [6, 6.07) is 14.1. The summed E-state index contributed by atoms with van der Waals surface area (Å²) in [6.45, 7) is 4.60. The third-order valence-electron chi connectivity index (χ3n) is 5.39. The maximum Gasteiger partial charge on any atom is 0.220 e. The molecular formula is C24H28ClN5O. The van der Waals surface area contributed by atoms with E-state index in [1.54, 1.807) is 6.20 Å². The topological polar surface area (TPSA) is 76.3 Å². The molecule has 4 rings (SSSR count). The smallest absolute Gasteiger partial charge is 0.220 e. The Bertz CT molecular complexity index is 1010. The van der Waals surface area contributed by atoms with Gasteiger partial charge >= 0.3 is 0 Å². The van der Waals surface area contributed by atoms with Crippen LogP contribution in [0.15, 0.2) is 48.7 Å². The number of nitrogens with zero attached hydrogens (tertiary/aromatic N) is 3. The fraction of sp³-hybridized carbons (Fsp3) is 0.333. The molecule has 3 heterocycles. The molecule has 162 valence electrons. The maximum absolute atomic E-state index is 6.27. The second kappa shape index (κ2) is 9.64. The van der Waals surface area contributed by atoms with Crippen LogP contribution in [0, 0.1) is 6.92 Å². The van der Waals surface area contributed by atoms with Crippen LogP contribution in [0.25, 0.3) is 11.3 Å². The van der Waals surface area contributed by atoms with Gasteiger partial charge in [-0.15, -0.1) is 0 Å². The number of aromatic nitrogens is 2. The minimum atomic E-state index is 0.298. The van der Waals surface area contributed by atoms with Gasteiger partial charge < -0.3 is 20.7 Å². The number of hydrogen-bond donors (Lipinski definition) is 2. The van der Waals surface area contributed by atoms with Gasteiger partial charge in [-0.2, -0.15) is 0 Å². The molecule has 3 N–H and O–H groups in total. The van der Waals surface area contributed by atoms with Crippen molar-refractivity contribution < 1.29 is 4.74 Å². The van der Waals surface area contributed by atoms with E-state index in [4.69, 9.17) is 27.1 Å². The molecule has 1 fully saturated rings. The summed E-state index contributed by atoms with van der Waals surface area (Å²) < 4.78 is 6.07. The van der Waals surface area contributed by atoms with Crippen molar-refractivity contribution in [2.24, 2.45) is 5.73 Å². The number of rotatable bonds is 6. The monoisotopic (exact) mass is 437 g/mol. The number of piperidine rings is 1. The first-order chi connectivity index (χ1) is 15.0. The van der Waals surface area contributed by atoms with Gasteiger partial charge in [0.15, 0.2) is 0 Å². The minimum Gasteiger partial charge on any atom is -0.437 e. The first kappa shape index (κ1) is 21.6. The molecule has 0 amide bonds. The predicted molar refractivity (Wildman–Crippen MR) is 126 cm³/mol. The van der Waals surface area contributed by atoms with E-state index in [1.807, 2.05) is 44.3 Å². The molecule has 0 radical (unpaired) electrons. The van der Waals surface area contributed by atoms with Crippen molar-refractivity contribution in [3.63, 3.8) is 0 Å². The third-order valence-corrected chi connectivity index (χ3v) is 5.61. The average Bonchev–Trinajstić information content (AvgIpc) is 2.74. The summed E-state index contributed by atoms with van der Waals surface area (Å²) in [5.74, 6) is 2.13. The van der Waals surface area contributed by atoms with Crippen molar-refractivity contribution in [2.75, 3.05) is 25.0 Å². The minimum absolute atomic E-state index is 0.298. The number of aryl methyl sites for hydroxylation is 1. The Hall–Kier alpha value is -2.67. The van der Waals surface area contributed by atoms with Crippen LogP contribution in [-0.4, -0.2) is 36.1 Å². The van der Waals surface area contributed by atoms with E-state index in [0.717, 1.165) is 54.1 Å². The lowest BCUT2D eigenvalue weighted by Crippen LogP contribution is -2.40. The van der Waals surface area contributed by atoms with E-state index in [2.05, 4.69) is 27.3 Å². The third kappa shape index (κ3) is 5.53. The zero-order chi connectivity index (χ0) is 21.8. The van der Waals surface area contributed by atoms with Gasteiger partial charge in [-0.05, 0) is 74.3 Å². The highest BCUT2D eigenvalue weighted by atomic mass is 35.5. The molecule has 0 aliphatic carbocycles. The Morgan fingerprint density at radius 3 is 2.65 bits per heavy atom. The molecule has 1 aromatic carbocycles. The molecule has 1 aliphatic heterocycles. The molecule has 0 unspecified atom stereocenters. The second-order valence-corrected chi connectivity index (χ2v) is 8.46. The number of nitrogens with two attached hydrogens (primary N) is 1. The average molecular weight is 438 g/mol. The number of pyridine rings is 2. The van der Waals surface area contributed by atoms with Crippen molar-refractivity contribution in [3.8, 4) is 22.9 Å². The van der Waals surface area contributed by atoms with E-state index in [9.17, 15) is 0 Å². The first-order valence-electron chi connectivity index (χ1n) is 10.6. The Kier molecular flexibility index (Phi) is 6.70. The van der Waals surface area contributed by atoms with Crippen LogP contribution in [0.4, 0.5) is 5.82 Å². The molecule has 7 heteroatoms. The molecule has 1 aliphatic rings. The lowest BCUT2D eigenvalue weighted by molar-refractivity contribution is 0.459. The molecule has 0 atom stereocenters. The van der Waals surface area contributed by atoms with Crippen molar-refractivity contribution in [1.82, 2.24) is 15.3 Å². The molecule has 6 nitrogen and oxygen atoms in total. The van der Waals surface area contributed by atoms with Crippen LogP contribution in [-0.2, 0) is 6.54 Å². The second-order valence-electron chi connectivity index (χ2n) is 8.03. The van der Waals surface area contributed by atoms with Gasteiger partial charge in [0.2, 0.25) is 5.88 Å². The fourth-order valence-electron chi connectivity index (χ4n) is 3.82. The van der Waals surface area contributed by atoms with Crippen molar-refractivity contribution in [3.05, 3.63) is 64.8 Å². The zero-order valence-corrected chi connectivity index (χ0v) is 18.7. The normalized spacial score (nSPS) is 14.6. The van der Waals surface area contributed by atoms with Gasteiger partial charge in [-0.1, -0.05) is 11.6 Å². The predicted octanol–water partition coefficient (Wildman–Crippen LogP) is 4.54. The highest BCUT2D eigenvalue weighted by molar-refractivity contribution is 6.30. The van der Waals surface area contributed by atoms with E-state index < -0.39 is 0 Å². The first-order valence-corrected chi connectivity index (χ1v) is 11.0. The summed E-state index contributed by atoms with van der Waals surface area (Å²) in [4.78, 5) is 11.6. The van der Waals surface area contributed by atoms with Crippen molar-refractivity contribution >= 4 is 17.4 Å². The highest BCUT2D eigenvalue weighted by Crippen LogP contribution is 2.29. The quantitative estimate of drug-likeness (QED) is 0.589. The van der Waals surface area contributed by atoms with Crippen molar-refractivity contribution in [1.29, 1.82) is 0 Å². The van der Waals surface area contributed by atoms with Gasteiger partial charge in [-0.3, -0.25) is 0 Å². The maximum atomic E-state index is 6.27. The number of ether oxygens (including phenoxy) is 1. The lowest BCUT2D eigenvalue weighted by Gasteiger charge is -2.31. The van der Waals surface area contributed by atoms with Crippen LogP contribution >= 0.6 is 11.6 Å². The molecule has 3 aromatic rings. The molecular weight excluding hydrogens is 410 g/mol.